The average Bonchev–Trinajstić information content (AvgIpc) is 2.24. The Balaban J connectivity index is 2.68. The lowest BCUT2D eigenvalue weighted by Gasteiger charge is -2.08. The summed E-state index contributed by atoms with van der Waals surface area (Å²) < 4.78 is 0. The van der Waals surface area contributed by atoms with Crippen LogP contribution >= 0.6 is 34.8 Å². The van der Waals surface area contributed by atoms with Gasteiger partial charge >= 0.3 is 0 Å². The number of aromatic nitrogens is 1. The van der Waals surface area contributed by atoms with Crippen molar-refractivity contribution in [2.75, 3.05) is 0 Å². The maximum Gasteiger partial charge on any atom is 0.142 e. The normalized spacial score (nSPS) is 10.6. The smallest absolute Gasteiger partial charge is 0.142 e. The zero-order valence-electron chi connectivity index (χ0n) is 8.84. The van der Waals surface area contributed by atoms with Gasteiger partial charge in [-0.2, -0.15) is 0 Å². The predicted molar refractivity (Wildman–Crippen MR) is 71.1 cm³/mol. The second-order valence-electron chi connectivity index (χ2n) is 3.63. The molecule has 0 aliphatic heterocycles. The molecule has 0 bridgehead atoms. The SMILES string of the molecule is Cc1cnc(-c2cc(Cl)cc(Cl)c2Cl)c(O)c1. The summed E-state index contributed by atoms with van der Waals surface area (Å²) in [6.45, 7) is 1.84. The van der Waals surface area contributed by atoms with Crippen molar-refractivity contribution in [1.82, 2.24) is 4.98 Å². The van der Waals surface area contributed by atoms with Crippen LogP contribution in [0.1, 0.15) is 5.56 Å². The molecule has 2 nitrogen and oxygen atoms in total. The monoisotopic (exact) mass is 287 g/mol. The van der Waals surface area contributed by atoms with Gasteiger partial charge in [0, 0.05) is 16.8 Å². The van der Waals surface area contributed by atoms with Gasteiger partial charge in [-0.3, -0.25) is 4.98 Å². The molecular formula is C12H8Cl3NO. The summed E-state index contributed by atoms with van der Waals surface area (Å²) in [5, 5.41) is 10.9. The lowest BCUT2D eigenvalue weighted by Crippen LogP contribution is -1.88. The second kappa shape index (κ2) is 4.73. The van der Waals surface area contributed by atoms with Crippen LogP contribution in [-0.2, 0) is 0 Å². The molecule has 1 heterocycles. The molecule has 88 valence electrons. The fraction of sp³-hybridized carbons (Fsp3) is 0.0833. The fourth-order valence-corrected chi connectivity index (χ4v) is 2.18. The number of nitrogens with zero attached hydrogens (tertiary/aromatic N) is 1. The van der Waals surface area contributed by atoms with Crippen molar-refractivity contribution in [3.63, 3.8) is 0 Å². The van der Waals surface area contributed by atoms with E-state index < -0.39 is 0 Å². The molecule has 1 aromatic heterocycles. The number of hydrogen-bond donors (Lipinski definition) is 1. The topological polar surface area (TPSA) is 33.1 Å². The minimum absolute atomic E-state index is 0.0465. The van der Waals surface area contributed by atoms with Crippen molar-refractivity contribution in [3.05, 3.63) is 45.0 Å². The highest BCUT2D eigenvalue weighted by Gasteiger charge is 2.13. The summed E-state index contributed by atoms with van der Waals surface area (Å²) >= 11 is 17.9. The minimum Gasteiger partial charge on any atom is -0.506 e. The van der Waals surface area contributed by atoms with E-state index in [0.717, 1.165) is 5.56 Å². The van der Waals surface area contributed by atoms with Gasteiger partial charge in [0.1, 0.15) is 11.4 Å². The number of aryl methyl sites for hydroxylation is 1. The maximum atomic E-state index is 9.84. The number of halogens is 3. The molecule has 2 aromatic rings. The Bertz CT molecular complexity index is 584. The molecule has 0 aliphatic carbocycles. The molecule has 0 saturated carbocycles. The highest BCUT2D eigenvalue weighted by Crippen LogP contribution is 2.38. The van der Waals surface area contributed by atoms with E-state index in [-0.39, 0.29) is 5.75 Å². The molecule has 0 aliphatic rings. The molecule has 1 aromatic carbocycles. The van der Waals surface area contributed by atoms with Crippen LogP contribution in [-0.4, -0.2) is 10.1 Å². The van der Waals surface area contributed by atoms with Crippen LogP contribution < -0.4 is 0 Å². The average molecular weight is 289 g/mol. The van der Waals surface area contributed by atoms with Crippen molar-refractivity contribution < 1.29 is 5.11 Å². The Morgan fingerprint density at radius 1 is 1.12 bits per heavy atom. The lowest BCUT2D eigenvalue weighted by atomic mass is 10.1. The van der Waals surface area contributed by atoms with Gasteiger partial charge in [-0.05, 0) is 30.7 Å². The molecule has 2 rings (SSSR count). The summed E-state index contributed by atoms with van der Waals surface area (Å²) in [6, 6.07) is 4.76. The third-order valence-corrected chi connectivity index (χ3v) is 3.27. The van der Waals surface area contributed by atoms with Gasteiger partial charge in [0.2, 0.25) is 0 Å². The van der Waals surface area contributed by atoms with E-state index in [2.05, 4.69) is 4.98 Å². The van der Waals surface area contributed by atoms with Gasteiger partial charge in [-0.15, -0.1) is 0 Å². The molecule has 0 fully saturated rings. The first-order valence-corrected chi connectivity index (χ1v) is 5.93. The van der Waals surface area contributed by atoms with Gasteiger partial charge in [0.25, 0.3) is 0 Å². The molecule has 0 amide bonds. The molecule has 0 spiro atoms. The summed E-state index contributed by atoms with van der Waals surface area (Å²) in [5.41, 5.74) is 1.74. The van der Waals surface area contributed by atoms with Gasteiger partial charge in [0.05, 0.1) is 10.0 Å². The number of benzene rings is 1. The summed E-state index contributed by atoms with van der Waals surface area (Å²) in [6.07, 6.45) is 1.64. The second-order valence-corrected chi connectivity index (χ2v) is 4.85. The molecule has 1 N–H and O–H groups in total. The number of pyridine rings is 1. The molecule has 5 heteroatoms. The van der Waals surface area contributed by atoms with E-state index in [1.54, 1.807) is 24.4 Å². The molecular weight excluding hydrogens is 280 g/mol. The van der Waals surface area contributed by atoms with E-state index in [0.29, 0.717) is 26.3 Å². The number of rotatable bonds is 1. The van der Waals surface area contributed by atoms with Crippen LogP contribution in [0.2, 0.25) is 15.1 Å². The highest BCUT2D eigenvalue weighted by molar-refractivity contribution is 6.45. The number of aromatic hydroxyl groups is 1. The first-order valence-electron chi connectivity index (χ1n) is 4.79. The Kier molecular flexibility index (Phi) is 3.48. The Hall–Kier alpha value is -0.960. The largest absolute Gasteiger partial charge is 0.506 e. The van der Waals surface area contributed by atoms with E-state index in [1.807, 2.05) is 6.92 Å². The molecule has 0 saturated heterocycles. The standard InChI is InChI=1S/C12H8Cl3NO/c1-6-2-10(17)12(16-5-6)8-3-7(13)4-9(14)11(8)15/h2-5,17H,1H3. The summed E-state index contributed by atoms with van der Waals surface area (Å²) in [4.78, 5) is 4.14. The minimum atomic E-state index is 0.0465. The highest BCUT2D eigenvalue weighted by atomic mass is 35.5. The van der Waals surface area contributed by atoms with Crippen LogP contribution in [0.25, 0.3) is 11.3 Å². The van der Waals surface area contributed by atoms with Crippen molar-refractivity contribution in [2.45, 2.75) is 6.92 Å². The van der Waals surface area contributed by atoms with Gasteiger partial charge in [-0.25, -0.2) is 0 Å². The third kappa shape index (κ3) is 2.49. The van der Waals surface area contributed by atoms with E-state index >= 15 is 0 Å². The first kappa shape index (κ1) is 12.5. The van der Waals surface area contributed by atoms with E-state index in [4.69, 9.17) is 34.8 Å². The van der Waals surface area contributed by atoms with Crippen molar-refractivity contribution in [3.8, 4) is 17.0 Å². The van der Waals surface area contributed by atoms with Crippen LogP contribution in [0.4, 0.5) is 0 Å². The molecule has 0 unspecified atom stereocenters. The Morgan fingerprint density at radius 3 is 2.47 bits per heavy atom. The fourth-order valence-electron chi connectivity index (χ4n) is 1.49. The van der Waals surface area contributed by atoms with Gasteiger partial charge < -0.3 is 5.11 Å². The number of hydrogen-bond acceptors (Lipinski definition) is 2. The summed E-state index contributed by atoms with van der Waals surface area (Å²) in [7, 11) is 0. The summed E-state index contributed by atoms with van der Waals surface area (Å²) in [5.74, 6) is 0.0465. The Morgan fingerprint density at radius 2 is 1.82 bits per heavy atom. The van der Waals surface area contributed by atoms with Crippen molar-refractivity contribution in [2.24, 2.45) is 0 Å². The third-order valence-electron chi connectivity index (χ3n) is 2.25. The van der Waals surface area contributed by atoms with Crippen molar-refractivity contribution >= 4 is 34.8 Å². The predicted octanol–water partition coefficient (Wildman–Crippen LogP) is 4.72. The van der Waals surface area contributed by atoms with Crippen LogP contribution in [0.15, 0.2) is 24.4 Å². The van der Waals surface area contributed by atoms with Crippen LogP contribution in [0, 0.1) is 6.92 Å². The van der Waals surface area contributed by atoms with E-state index in [9.17, 15) is 5.11 Å². The van der Waals surface area contributed by atoms with E-state index in [1.165, 1.54) is 0 Å². The maximum absolute atomic E-state index is 9.84. The molecule has 0 atom stereocenters. The van der Waals surface area contributed by atoms with Crippen LogP contribution in [0.3, 0.4) is 0 Å². The quantitative estimate of drug-likeness (QED) is 0.770. The zero-order valence-corrected chi connectivity index (χ0v) is 11.1. The molecule has 17 heavy (non-hydrogen) atoms. The lowest BCUT2D eigenvalue weighted by molar-refractivity contribution is 0.474. The van der Waals surface area contributed by atoms with Gasteiger partial charge in [0.15, 0.2) is 0 Å². The Labute approximate surface area is 114 Å². The van der Waals surface area contributed by atoms with Crippen molar-refractivity contribution in [1.29, 1.82) is 0 Å². The molecule has 0 radical (unpaired) electrons. The van der Waals surface area contributed by atoms with Gasteiger partial charge in [-0.1, -0.05) is 34.8 Å². The van der Waals surface area contributed by atoms with Crippen LogP contribution in [0.5, 0.6) is 5.75 Å². The first-order chi connectivity index (χ1) is 7.99. The zero-order chi connectivity index (χ0) is 12.6.